The van der Waals surface area contributed by atoms with Gasteiger partial charge in [-0.2, -0.15) is 0 Å². The number of nitrogens with one attached hydrogen (secondary N) is 2. The summed E-state index contributed by atoms with van der Waals surface area (Å²) in [7, 11) is 0. The van der Waals surface area contributed by atoms with Crippen molar-refractivity contribution in [3.63, 3.8) is 0 Å². The Kier molecular flexibility index (Phi) is 4.61. The molecule has 0 aliphatic heterocycles. The van der Waals surface area contributed by atoms with Crippen LogP contribution in [0.4, 0.5) is 9.80 Å². The number of nitrogens with zero attached hydrogens (tertiary/aromatic N) is 2. The number of rotatable bonds is 5. The maximum atomic E-state index is 11.7. The van der Waals surface area contributed by atoms with Crippen LogP contribution in [-0.2, 0) is 11.2 Å². The summed E-state index contributed by atoms with van der Waals surface area (Å²) < 4.78 is 3.59. The van der Waals surface area contributed by atoms with E-state index in [4.69, 9.17) is 5.11 Å². The third kappa shape index (κ3) is 4.02. The predicted molar refractivity (Wildman–Crippen MR) is 73.6 cm³/mol. The van der Waals surface area contributed by atoms with Crippen molar-refractivity contribution in [3.8, 4) is 0 Å². The summed E-state index contributed by atoms with van der Waals surface area (Å²) >= 11 is 1.01. The highest BCUT2D eigenvalue weighted by Gasteiger charge is 2.20. The molecular formula is C12H12N4O3S. The van der Waals surface area contributed by atoms with E-state index >= 15 is 0 Å². The van der Waals surface area contributed by atoms with Crippen molar-refractivity contribution in [2.45, 2.75) is 12.5 Å². The Labute approximate surface area is 118 Å². The number of aromatic nitrogens is 2. The third-order valence-electron chi connectivity index (χ3n) is 2.48. The zero-order chi connectivity index (χ0) is 14.4. The average Bonchev–Trinajstić information content (AvgIpc) is 2.92. The highest BCUT2D eigenvalue weighted by atomic mass is 32.1. The zero-order valence-corrected chi connectivity index (χ0v) is 11.1. The number of carbonyl (C=O) groups excluding carboxylic acids is 1. The minimum atomic E-state index is -1.09. The van der Waals surface area contributed by atoms with Crippen LogP contribution < -0.4 is 10.6 Å². The Morgan fingerprint density at radius 2 is 2.05 bits per heavy atom. The maximum Gasteiger partial charge on any atom is 0.326 e. The molecule has 0 aliphatic carbocycles. The number of amides is 2. The van der Waals surface area contributed by atoms with Crippen LogP contribution in [0.5, 0.6) is 0 Å². The quantitative estimate of drug-likeness (QED) is 0.771. The van der Waals surface area contributed by atoms with E-state index in [0.29, 0.717) is 5.00 Å². The average molecular weight is 292 g/mol. The van der Waals surface area contributed by atoms with Gasteiger partial charge in [-0.05, 0) is 5.56 Å². The number of anilines is 1. The fourth-order valence-corrected chi connectivity index (χ4v) is 1.99. The molecule has 3 N–H and O–H groups in total. The first-order valence-electron chi connectivity index (χ1n) is 5.77. The van der Waals surface area contributed by atoms with Crippen molar-refractivity contribution < 1.29 is 14.7 Å². The Bertz CT molecular complexity index is 574. The second-order valence-corrected chi connectivity index (χ2v) is 4.75. The molecule has 104 valence electrons. The van der Waals surface area contributed by atoms with Crippen molar-refractivity contribution >= 4 is 28.5 Å². The van der Waals surface area contributed by atoms with Gasteiger partial charge in [-0.15, -0.1) is 5.10 Å². The molecule has 0 saturated heterocycles. The lowest BCUT2D eigenvalue weighted by molar-refractivity contribution is -0.139. The summed E-state index contributed by atoms with van der Waals surface area (Å²) in [6, 6.07) is 7.49. The predicted octanol–water partition coefficient (Wildman–Crippen LogP) is 1.36. The van der Waals surface area contributed by atoms with Crippen molar-refractivity contribution in [1.29, 1.82) is 0 Å². The molecule has 0 bridgehead atoms. The van der Waals surface area contributed by atoms with Gasteiger partial charge in [-0.1, -0.05) is 34.8 Å². The minimum absolute atomic E-state index is 0.213. The van der Waals surface area contributed by atoms with Gasteiger partial charge in [0, 0.05) is 18.0 Å². The van der Waals surface area contributed by atoms with Crippen LogP contribution in [0, 0.1) is 0 Å². The SMILES string of the molecule is O=C(Nc1cnns1)N[C@@H](Cc1ccccc1)C(=O)O. The molecule has 2 rings (SSSR count). The van der Waals surface area contributed by atoms with E-state index in [9.17, 15) is 9.59 Å². The molecule has 0 unspecified atom stereocenters. The van der Waals surface area contributed by atoms with Crippen molar-refractivity contribution in [2.24, 2.45) is 0 Å². The van der Waals surface area contributed by atoms with Gasteiger partial charge in [-0.25, -0.2) is 9.59 Å². The second kappa shape index (κ2) is 6.62. The lowest BCUT2D eigenvalue weighted by atomic mass is 10.1. The number of carbonyl (C=O) groups is 2. The van der Waals surface area contributed by atoms with Crippen LogP contribution >= 0.6 is 11.5 Å². The van der Waals surface area contributed by atoms with Gasteiger partial charge in [0.1, 0.15) is 11.0 Å². The van der Waals surface area contributed by atoms with Crippen LogP contribution in [0.2, 0.25) is 0 Å². The number of aliphatic carboxylic acids is 1. The first-order valence-corrected chi connectivity index (χ1v) is 6.54. The van der Waals surface area contributed by atoms with Gasteiger partial charge in [0.25, 0.3) is 0 Å². The molecule has 2 aromatic rings. The lowest BCUT2D eigenvalue weighted by Crippen LogP contribution is -2.44. The summed E-state index contributed by atoms with van der Waals surface area (Å²) in [6.07, 6.45) is 1.60. The van der Waals surface area contributed by atoms with Crippen molar-refractivity contribution in [1.82, 2.24) is 14.9 Å². The second-order valence-electron chi connectivity index (χ2n) is 3.96. The molecule has 1 aromatic heterocycles. The number of hydrogen-bond donors (Lipinski definition) is 3. The normalized spacial score (nSPS) is 11.6. The molecule has 0 radical (unpaired) electrons. The summed E-state index contributed by atoms with van der Waals surface area (Å²) in [4.78, 5) is 22.9. The Hall–Kier alpha value is -2.48. The van der Waals surface area contributed by atoms with Crippen LogP contribution in [0.1, 0.15) is 5.56 Å². The standard InChI is InChI=1S/C12H12N4O3S/c17-11(18)9(6-8-4-2-1-3-5-8)14-12(19)15-10-7-13-16-20-10/h1-5,7,9H,6H2,(H,17,18)(H2,14,15,19)/t9-/m0/s1. The van der Waals surface area contributed by atoms with Gasteiger partial charge >= 0.3 is 12.0 Å². The molecule has 1 aromatic carbocycles. The summed E-state index contributed by atoms with van der Waals surface area (Å²) in [5.74, 6) is -1.09. The van der Waals surface area contributed by atoms with Crippen LogP contribution in [0.15, 0.2) is 36.5 Å². The summed E-state index contributed by atoms with van der Waals surface area (Å²) in [5, 5.41) is 18.0. The zero-order valence-electron chi connectivity index (χ0n) is 10.3. The Morgan fingerprint density at radius 3 is 2.65 bits per heavy atom. The first-order chi connectivity index (χ1) is 9.65. The molecule has 1 heterocycles. The topological polar surface area (TPSA) is 104 Å². The van der Waals surface area contributed by atoms with Gasteiger partial charge in [0.05, 0.1) is 6.20 Å². The van der Waals surface area contributed by atoms with Crippen molar-refractivity contribution in [2.75, 3.05) is 5.32 Å². The van der Waals surface area contributed by atoms with E-state index in [1.807, 2.05) is 30.3 Å². The molecular weight excluding hydrogens is 280 g/mol. The molecule has 1 atom stereocenters. The number of urea groups is 1. The first kappa shape index (κ1) is 13.9. The minimum Gasteiger partial charge on any atom is -0.480 e. The van der Waals surface area contributed by atoms with E-state index < -0.39 is 18.0 Å². The molecule has 7 nitrogen and oxygen atoms in total. The van der Waals surface area contributed by atoms with Gasteiger partial charge in [-0.3, -0.25) is 5.32 Å². The lowest BCUT2D eigenvalue weighted by Gasteiger charge is -2.14. The largest absolute Gasteiger partial charge is 0.480 e. The monoisotopic (exact) mass is 292 g/mol. The molecule has 2 amide bonds. The summed E-state index contributed by atoms with van der Waals surface area (Å²) in [6.45, 7) is 0. The fraction of sp³-hybridized carbons (Fsp3) is 0.167. The number of hydrogen-bond acceptors (Lipinski definition) is 5. The van der Waals surface area contributed by atoms with E-state index in [1.165, 1.54) is 6.20 Å². The summed E-state index contributed by atoms with van der Waals surface area (Å²) in [5.41, 5.74) is 0.833. The number of benzene rings is 1. The van der Waals surface area contributed by atoms with Crippen molar-refractivity contribution in [3.05, 3.63) is 42.1 Å². The van der Waals surface area contributed by atoms with E-state index in [-0.39, 0.29) is 6.42 Å². The Morgan fingerprint density at radius 1 is 1.30 bits per heavy atom. The van der Waals surface area contributed by atoms with Crippen LogP contribution in [-0.4, -0.2) is 32.7 Å². The smallest absolute Gasteiger partial charge is 0.326 e. The van der Waals surface area contributed by atoms with Gasteiger partial charge in [0.15, 0.2) is 0 Å². The molecule has 0 spiro atoms. The maximum absolute atomic E-state index is 11.7. The molecule has 20 heavy (non-hydrogen) atoms. The number of carboxylic acids is 1. The fourth-order valence-electron chi connectivity index (χ4n) is 1.58. The van der Waals surface area contributed by atoms with Gasteiger partial charge < -0.3 is 10.4 Å². The highest BCUT2D eigenvalue weighted by Crippen LogP contribution is 2.09. The number of carboxylic acid groups (broad SMARTS) is 1. The van der Waals surface area contributed by atoms with E-state index in [1.54, 1.807) is 0 Å². The van der Waals surface area contributed by atoms with Gasteiger partial charge in [0.2, 0.25) is 0 Å². The highest BCUT2D eigenvalue weighted by molar-refractivity contribution is 7.10. The molecule has 0 aliphatic rings. The van der Waals surface area contributed by atoms with Crippen LogP contribution in [0.25, 0.3) is 0 Å². The van der Waals surface area contributed by atoms with E-state index in [0.717, 1.165) is 17.1 Å². The van der Waals surface area contributed by atoms with Crippen LogP contribution in [0.3, 0.4) is 0 Å². The molecule has 0 fully saturated rings. The molecule has 8 heteroatoms. The molecule has 0 saturated carbocycles. The van der Waals surface area contributed by atoms with E-state index in [2.05, 4.69) is 20.2 Å². The Balaban J connectivity index is 1.95. The third-order valence-corrected chi connectivity index (χ3v) is 3.06.